The van der Waals surface area contributed by atoms with Crippen molar-refractivity contribution in [3.63, 3.8) is 0 Å². The number of ether oxygens (including phenoxy) is 1. The van der Waals surface area contributed by atoms with Gasteiger partial charge < -0.3 is 15.8 Å². The van der Waals surface area contributed by atoms with Crippen LogP contribution in [0.5, 0.6) is 0 Å². The van der Waals surface area contributed by atoms with Crippen LogP contribution in [0.15, 0.2) is 0 Å². The maximum Gasteiger partial charge on any atom is 0.245 e. The second-order valence-electron chi connectivity index (χ2n) is 5.51. The van der Waals surface area contributed by atoms with E-state index in [0.29, 0.717) is 12.0 Å². The van der Waals surface area contributed by atoms with Crippen molar-refractivity contribution in [2.75, 3.05) is 20.2 Å². The molecule has 1 rings (SSSR count). The lowest BCUT2D eigenvalue weighted by molar-refractivity contribution is -0.136. The Morgan fingerprint density at radius 3 is 2.31 bits per heavy atom. The van der Waals surface area contributed by atoms with Crippen molar-refractivity contribution in [1.82, 2.24) is 5.32 Å². The van der Waals surface area contributed by atoms with Crippen molar-refractivity contribution in [3.8, 4) is 0 Å². The first kappa shape index (κ1) is 13.5. The van der Waals surface area contributed by atoms with E-state index in [9.17, 15) is 4.79 Å². The van der Waals surface area contributed by atoms with E-state index in [1.165, 1.54) is 0 Å². The summed E-state index contributed by atoms with van der Waals surface area (Å²) in [6.07, 6.45) is 4.12. The molecule has 0 aromatic carbocycles. The Balaban J connectivity index is 2.49. The topological polar surface area (TPSA) is 64.3 Å². The van der Waals surface area contributed by atoms with E-state index >= 15 is 0 Å². The van der Waals surface area contributed by atoms with Gasteiger partial charge in [-0.05, 0) is 31.1 Å². The van der Waals surface area contributed by atoms with Crippen molar-refractivity contribution in [1.29, 1.82) is 0 Å². The number of nitrogens with two attached hydrogens (primary N) is 1. The molecule has 0 saturated heterocycles. The maximum atomic E-state index is 11.2. The molecule has 0 atom stereocenters. The third-order valence-electron chi connectivity index (χ3n) is 3.68. The van der Waals surface area contributed by atoms with E-state index in [1.807, 2.05) is 0 Å². The number of rotatable bonds is 4. The fourth-order valence-corrected chi connectivity index (χ4v) is 2.08. The Morgan fingerprint density at radius 2 is 1.88 bits per heavy atom. The van der Waals surface area contributed by atoms with Gasteiger partial charge in [0.15, 0.2) is 0 Å². The molecule has 4 heteroatoms. The summed E-state index contributed by atoms with van der Waals surface area (Å²) in [5, 5.41) is 2.56. The molecular formula is C12H24N2O2. The Hall–Kier alpha value is -0.610. The number of hydrogen-bond acceptors (Lipinski definition) is 3. The molecule has 1 aliphatic carbocycles. The number of nitrogens with one attached hydrogen (secondary N) is 1. The average Bonchev–Trinajstić information content (AvgIpc) is 2.28. The van der Waals surface area contributed by atoms with E-state index in [1.54, 1.807) is 7.05 Å². The molecule has 0 unspecified atom stereocenters. The number of carbonyl (C=O) groups is 1. The van der Waals surface area contributed by atoms with Gasteiger partial charge in [0.05, 0.1) is 5.60 Å². The van der Waals surface area contributed by atoms with Gasteiger partial charge in [-0.2, -0.15) is 0 Å². The van der Waals surface area contributed by atoms with Crippen LogP contribution in [0.3, 0.4) is 0 Å². The Kier molecular flexibility index (Phi) is 4.33. The van der Waals surface area contributed by atoms with Gasteiger partial charge in [0, 0.05) is 13.6 Å². The molecular weight excluding hydrogens is 204 g/mol. The van der Waals surface area contributed by atoms with Crippen molar-refractivity contribution in [2.24, 2.45) is 11.1 Å². The van der Waals surface area contributed by atoms with Gasteiger partial charge in [-0.25, -0.2) is 0 Å². The minimum atomic E-state index is -0.276. The van der Waals surface area contributed by atoms with E-state index in [0.717, 1.165) is 25.7 Å². The second kappa shape index (κ2) is 5.15. The van der Waals surface area contributed by atoms with Crippen LogP contribution < -0.4 is 11.1 Å². The van der Waals surface area contributed by atoms with Crippen LogP contribution >= 0.6 is 0 Å². The van der Waals surface area contributed by atoms with Gasteiger partial charge in [0.25, 0.3) is 0 Å². The highest BCUT2D eigenvalue weighted by atomic mass is 16.5. The Morgan fingerprint density at radius 1 is 1.31 bits per heavy atom. The zero-order valence-corrected chi connectivity index (χ0v) is 10.6. The van der Waals surface area contributed by atoms with Crippen LogP contribution in [0.25, 0.3) is 0 Å². The molecule has 0 aromatic heterocycles. The molecule has 3 N–H and O–H groups in total. The summed E-state index contributed by atoms with van der Waals surface area (Å²) in [5.41, 5.74) is 5.91. The first-order valence-electron chi connectivity index (χ1n) is 5.98. The normalized spacial score (nSPS) is 22.8. The number of amides is 1. The smallest absolute Gasteiger partial charge is 0.245 e. The van der Waals surface area contributed by atoms with Crippen molar-refractivity contribution >= 4 is 5.91 Å². The summed E-state index contributed by atoms with van der Waals surface area (Å²) in [4.78, 5) is 11.2. The molecule has 0 bridgehead atoms. The predicted octanol–water partition coefficient (Wildman–Crippen LogP) is 1.05. The minimum absolute atomic E-state index is 0.0855. The van der Waals surface area contributed by atoms with Gasteiger partial charge in [-0.15, -0.1) is 0 Å². The maximum absolute atomic E-state index is 11.2. The lowest BCUT2D eigenvalue weighted by atomic mass is 9.71. The average molecular weight is 228 g/mol. The van der Waals surface area contributed by atoms with Gasteiger partial charge in [-0.1, -0.05) is 13.8 Å². The molecule has 0 spiro atoms. The molecule has 1 fully saturated rings. The van der Waals surface area contributed by atoms with Crippen LogP contribution in [0.2, 0.25) is 0 Å². The van der Waals surface area contributed by atoms with Gasteiger partial charge in [0.2, 0.25) is 5.91 Å². The van der Waals surface area contributed by atoms with Gasteiger partial charge in [-0.3, -0.25) is 4.79 Å². The number of hydrogen-bond donors (Lipinski definition) is 2. The molecule has 94 valence electrons. The summed E-state index contributed by atoms with van der Waals surface area (Å²) in [6.45, 7) is 5.16. The summed E-state index contributed by atoms with van der Waals surface area (Å²) in [7, 11) is 1.62. The lowest BCUT2D eigenvalue weighted by Crippen LogP contribution is -2.47. The quantitative estimate of drug-likeness (QED) is 0.756. The molecule has 1 aliphatic rings. The zero-order chi connectivity index (χ0) is 12.2. The number of likely N-dealkylation sites (N-methyl/N-ethyl adjacent to an activating group) is 1. The molecule has 0 radical (unpaired) electrons. The first-order valence-corrected chi connectivity index (χ1v) is 5.98. The van der Waals surface area contributed by atoms with Crippen LogP contribution in [-0.2, 0) is 9.53 Å². The SMILES string of the molecule is CNC(=O)COC1(CN)CCC(C)(C)CC1. The van der Waals surface area contributed by atoms with Crippen molar-refractivity contribution < 1.29 is 9.53 Å². The molecule has 1 amide bonds. The highest BCUT2D eigenvalue weighted by molar-refractivity contribution is 5.76. The third kappa shape index (κ3) is 3.46. The Bertz CT molecular complexity index is 241. The minimum Gasteiger partial charge on any atom is -0.364 e. The number of carbonyl (C=O) groups excluding carboxylic acids is 1. The van der Waals surface area contributed by atoms with Gasteiger partial charge >= 0.3 is 0 Å². The fraction of sp³-hybridized carbons (Fsp3) is 0.917. The largest absolute Gasteiger partial charge is 0.364 e. The Labute approximate surface area is 97.9 Å². The van der Waals surface area contributed by atoms with E-state index < -0.39 is 0 Å². The van der Waals surface area contributed by atoms with E-state index in [2.05, 4.69) is 19.2 Å². The molecule has 1 saturated carbocycles. The summed E-state index contributed by atoms with van der Waals surface area (Å²) in [6, 6.07) is 0. The van der Waals surface area contributed by atoms with Crippen LogP contribution in [-0.4, -0.2) is 31.7 Å². The molecule has 0 heterocycles. The highest BCUT2D eigenvalue weighted by Gasteiger charge is 2.38. The van der Waals surface area contributed by atoms with Crippen LogP contribution in [0, 0.1) is 5.41 Å². The van der Waals surface area contributed by atoms with Gasteiger partial charge in [0.1, 0.15) is 6.61 Å². The first-order chi connectivity index (χ1) is 7.43. The predicted molar refractivity (Wildman–Crippen MR) is 64.1 cm³/mol. The monoisotopic (exact) mass is 228 g/mol. The lowest BCUT2D eigenvalue weighted by Gasteiger charge is -2.42. The van der Waals surface area contributed by atoms with E-state index in [4.69, 9.17) is 10.5 Å². The summed E-state index contributed by atoms with van der Waals surface area (Å²) >= 11 is 0. The summed E-state index contributed by atoms with van der Waals surface area (Å²) in [5.74, 6) is -0.0855. The zero-order valence-electron chi connectivity index (χ0n) is 10.6. The third-order valence-corrected chi connectivity index (χ3v) is 3.68. The van der Waals surface area contributed by atoms with Crippen molar-refractivity contribution in [3.05, 3.63) is 0 Å². The van der Waals surface area contributed by atoms with Crippen LogP contribution in [0.4, 0.5) is 0 Å². The molecule has 16 heavy (non-hydrogen) atoms. The second-order valence-corrected chi connectivity index (χ2v) is 5.51. The highest BCUT2D eigenvalue weighted by Crippen LogP contribution is 2.41. The van der Waals surface area contributed by atoms with Crippen molar-refractivity contribution in [2.45, 2.75) is 45.1 Å². The fourth-order valence-electron chi connectivity index (χ4n) is 2.08. The molecule has 0 aliphatic heterocycles. The standard InChI is InChI=1S/C12H24N2O2/c1-11(2)4-6-12(9-13,7-5-11)16-8-10(15)14-3/h4-9,13H2,1-3H3,(H,14,15). The molecule has 0 aromatic rings. The van der Waals surface area contributed by atoms with Crippen LogP contribution in [0.1, 0.15) is 39.5 Å². The molecule has 4 nitrogen and oxygen atoms in total. The summed E-state index contributed by atoms with van der Waals surface area (Å²) < 4.78 is 5.73. The van der Waals surface area contributed by atoms with E-state index in [-0.39, 0.29) is 18.1 Å².